The molecule has 2 aromatic rings. The highest BCUT2D eigenvalue weighted by molar-refractivity contribution is 7.10. The average Bonchev–Trinajstić information content (AvgIpc) is 2.90. The van der Waals surface area contributed by atoms with Crippen LogP contribution in [0.3, 0.4) is 0 Å². The summed E-state index contributed by atoms with van der Waals surface area (Å²) >= 11 is 1.32. The Morgan fingerprint density at radius 2 is 2.21 bits per heavy atom. The summed E-state index contributed by atoms with van der Waals surface area (Å²) in [5, 5.41) is 11.5. The Hall–Kier alpha value is -2.03. The third-order valence-corrected chi connectivity index (χ3v) is 3.49. The number of aromatic nitrogens is 1. The van der Waals surface area contributed by atoms with E-state index in [1.807, 2.05) is 41.8 Å². The summed E-state index contributed by atoms with van der Waals surface area (Å²) in [6.07, 6.45) is 0. The minimum absolute atomic E-state index is 0.0710. The van der Waals surface area contributed by atoms with E-state index in [0.29, 0.717) is 5.01 Å². The smallest absolute Gasteiger partial charge is 0.182 e. The molecule has 1 aromatic carbocycles. The lowest BCUT2D eigenvalue weighted by Crippen LogP contribution is -2.15. The summed E-state index contributed by atoms with van der Waals surface area (Å²) in [5.41, 5.74) is 1.76. The molecular weight excluding hydrogens is 260 g/mol. The van der Waals surface area contributed by atoms with Crippen LogP contribution in [0.2, 0.25) is 0 Å². The van der Waals surface area contributed by atoms with E-state index in [0.717, 1.165) is 11.3 Å². The normalized spacial score (nSPS) is 11.8. The number of hydrogen-bond acceptors (Lipinski definition) is 5. The molecule has 2 rings (SSSR count). The molecule has 1 aromatic heterocycles. The summed E-state index contributed by atoms with van der Waals surface area (Å²) in [5.74, 6) is -1.11. The second-order valence-corrected chi connectivity index (χ2v) is 4.79. The molecule has 0 fully saturated rings. The van der Waals surface area contributed by atoms with Gasteiger partial charge in [-0.1, -0.05) is 30.3 Å². The van der Waals surface area contributed by atoms with Crippen molar-refractivity contribution in [2.45, 2.75) is 5.92 Å². The van der Waals surface area contributed by atoms with E-state index in [1.165, 1.54) is 18.4 Å². The summed E-state index contributed by atoms with van der Waals surface area (Å²) in [4.78, 5) is 16.1. The molecule has 0 aliphatic rings. The number of nitriles is 1. The second kappa shape index (κ2) is 6.23. The van der Waals surface area contributed by atoms with Gasteiger partial charge in [-0.25, -0.2) is 4.98 Å². The fourth-order valence-corrected chi connectivity index (χ4v) is 2.54. The SMILES string of the molecule is COCC(=O)[C@H](C#N)c1nc(-c2ccccc2)cs1. The molecule has 4 nitrogen and oxygen atoms in total. The van der Waals surface area contributed by atoms with Crippen LogP contribution < -0.4 is 0 Å². The minimum Gasteiger partial charge on any atom is -0.377 e. The van der Waals surface area contributed by atoms with Crippen LogP contribution in [0.1, 0.15) is 10.9 Å². The number of nitrogens with zero attached hydrogens (tertiary/aromatic N) is 2. The molecule has 0 unspecified atom stereocenters. The van der Waals surface area contributed by atoms with Crippen molar-refractivity contribution in [2.75, 3.05) is 13.7 Å². The molecule has 0 radical (unpaired) electrons. The van der Waals surface area contributed by atoms with E-state index in [-0.39, 0.29) is 12.4 Å². The molecule has 0 saturated heterocycles. The van der Waals surface area contributed by atoms with Crippen LogP contribution in [-0.4, -0.2) is 24.5 Å². The first kappa shape index (κ1) is 13.4. The fraction of sp³-hybridized carbons (Fsp3) is 0.214. The monoisotopic (exact) mass is 272 g/mol. The van der Waals surface area contributed by atoms with E-state index < -0.39 is 5.92 Å². The van der Waals surface area contributed by atoms with E-state index >= 15 is 0 Å². The van der Waals surface area contributed by atoms with Gasteiger partial charge in [-0.15, -0.1) is 11.3 Å². The van der Waals surface area contributed by atoms with Gasteiger partial charge in [0.05, 0.1) is 11.8 Å². The van der Waals surface area contributed by atoms with Gasteiger partial charge in [0.15, 0.2) is 11.7 Å². The number of carbonyl (C=O) groups excluding carboxylic acids is 1. The number of benzene rings is 1. The van der Waals surface area contributed by atoms with Crippen molar-refractivity contribution in [3.63, 3.8) is 0 Å². The van der Waals surface area contributed by atoms with Gasteiger partial charge in [-0.2, -0.15) is 5.26 Å². The molecule has 19 heavy (non-hydrogen) atoms. The third-order valence-electron chi connectivity index (χ3n) is 2.58. The first-order chi connectivity index (χ1) is 9.26. The van der Waals surface area contributed by atoms with Gasteiger partial charge >= 0.3 is 0 Å². The Labute approximate surface area is 115 Å². The Morgan fingerprint density at radius 3 is 2.84 bits per heavy atom. The number of rotatable bonds is 5. The maximum atomic E-state index is 11.7. The zero-order valence-corrected chi connectivity index (χ0v) is 11.2. The maximum Gasteiger partial charge on any atom is 0.182 e. The van der Waals surface area contributed by atoms with Crippen LogP contribution in [0.25, 0.3) is 11.3 Å². The maximum absolute atomic E-state index is 11.7. The fourth-order valence-electron chi connectivity index (χ4n) is 1.65. The van der Waals surface area contributed by atoms with Crippen LogP contribution in [0, 0.1) is 11.3 Å². The largest absolute Gasteiger partial charge is 0.377 e. The first-order valence-electron chi connectivity index (χ1n) is 5.68. The second-order valence-electron chi connectivity index (χ2n) is 3.90. The zero-order chi connectivity index (χ0) is 13.7. The molecule has 0 N–H and O–H groups in total. The number of methoxy groups -OCH3 is 1. The molecule has 96 valence electrons. The molecular formula is C14H12N2O2S. The molecule has 1 atom stereocenters. The third kappa shape index (κ3) is 3.05. The lowest BCUT2D eigenvalue weighted by atomic mass is 10.1. The average molecular weight is 272 g/mol. The number of thiazole rings is 1. The molecule has 1 heterocycles. The van der Waals surface area contributed by atoms with E-state index in [1.54, 1.807) is 0 Å². The van der Waals surface area contributed by atoms with Gasteiger partial charge < -0.3 is 4.74 Å². The lowest BCUT2D eigenvalue weighted by molar-refractivity contribution is -0.122. The Balaban J connectivity index is 2.26. The molecule has 0 aliphatic heterocycles. The molecule has 0 saturated carbocycles. The van der Waals surface area contributed by atoms with Crippen LogP contribution >= 0.6 is 11.3 Å². The molecule has 0 amide bonds. The van der Waals surface area contributed by atoms with Crippen molar-refractivity contribution in [3.8, 4) is 17.3 Å². The quantitative estimate of drug-likeness (QED) is 0.839. The van der Waals surface area contributed by atoms with Gasteiger partial charge in [-0.05, 0) is 0 Å². The minimum atomic E-state index is -0.845. The zero-order valence-electron chi connectivity index (χ0n) is 10.4. The summed E-state index contributed by atoms with van der Waals surface area (Å²) in [6.45, 7) is -0.0710. The molecule has 0 bridgehead atoms. The van der Waals surface area contributed by atoms with Crippen LogP contribution in [0.4, 0.5) is 0 Å². The predicted octanol–water partition coefficient (Wildman–Crippen LogP) is 2.63. The van der Waals surface area contributed by atoms with Crippen molar-refractivity contribution in [2.24, 2.45) is 0 Å². The van der Waals surface area contributed by atoms with E-state index in [9.17, 15) is 4.79 Å². The van der Waals surface area contributed by atoms with E-state index in [4.69, 9.17) is 10.00 Å². The summed E-state index contributed by atoms with van der Waals surface area (Å²) in [6, 6.07) is 11.6. The highest BCUT2D eigenvalue weighted by Gasteiger charge is 2.23. The topological polar surface area (TPSA) is 63.0 Å². The van der Waals surface area contributed by atoms with Gasteiger partial charge in [0.25, 0.3) is 0 Å². The van der Waals surface area contributed by atoms with Gasteiger partial charge in [-0.3, -0.25) is 4.79 Å². The number of ketones is 1. The molecule has 5 heteroatoms. The number of carbonyl (C=O) groups is 1. The first-order valence-corrected chi connectivity index (χ1v) is 6.56. The number of ether oxygens (including phenoxy) is 1. The van der Waals surface area contributed by atoms with Crippen molar-refractivity contribution >= 4 is 17.1 Å². The van der Waals surface area contributed by atoms with Gasteiger partial charge in [0, 0.05) is 18.1 Å². The highest BCUT2D eigenvalue weighted by Crippen LogP contribution is 2.26. The van der Waals surface area contributed by atoms with Crippen LogP contribution in [-0.2, 0) is 9.53 Å². The van der Waals surface area contributed by atoms with Gasteiger partial charge in [0.1, 0.15) is 11.6 Å². The molecule has 0 aliphatic carbocycles. The number of hydrogen-bond donors (Lipinski definition) is 0. The lowest BCUT2D eigenvalue weighted by Gasteiger charge is -2.03. The van der Waals surface area contributed by atoms with Crippen molar-refractivity contribution in [1.82, 2.24) is 4.98 Å². The predicted molar refractivity (Wildman–Crippen MR) is 72.8 cm³/mol. The van der Waals surface area contributed by atoms with E-state index in [2.05, 4.69) is 4.98 Å². The van der Waals surface area contributed by atoms with Crippen molar-refractivity contribution in [1.29, 1.82) is 5.26 Å². The molecule has 0 spiro atoms. The highest BCUT2D eigenvalue weighted by atomic mass is 32.1. The van der Waals surface area contributed by atoms with Crippen molar-refractivity contribution in [3.05, 3.63) is 40.7 Å². The summed E-state index contributed by atoms with van der Waals surface area (Å²) in [7, 11) is 1.43. The Morgan fingerprint density at radius 1 is 1.47 bits per heavy atom. The van der Waals surface area contributed by atoms with Crippen LogP contribution in [0.5, 0.6) is 0 Å². The Kier molecular flexibility index (Phi) is 4.39. The standard InChI is InChI=1S/C14H12N2O2S/c1-18-8-13(17)11(7-15)14-16-12(9-19-14)10-5-3-2-4-6-10/h2-6,9,11H,8H2,1H3/t11-/m0/s1. The number of Topliss-reactive ketones (excluding diaryl/α,β-unsaturated/α-hetero) is 1. The van der Waals surface area contributed by atoms with Crippen molar-refractivity contribution < 1.29 is 9.53 Å². The van der Waals surface area contributed by atoms with Crippen LogP contribution in [0.15, 0.2) is 35.7 Å². The van der Waals surface area contributed by atoms with Gasteiger partial charge in [0.2, 0.25) is 0 Å². The summed E-state index contributed by atoms with van der Waals surface area (Å²) < 4.78 is 4.78. The Bertz CT molecular complexity index is 601.